The van der Waals surface area contributed by atoms with E-state index in [9.17, 15) is 14.0 Å². The van der Waals surface area contributed by atoms with E-state index in [0.29, 0.717) is 23.5 Å². The highest BCUT2D eigenvalue weighted by Gasteiger charge is 2.12. The van der Waals surface area contributed by atoms with Crippen LogP contribution in [0.1, 0.15) is 17.3 Å². The summed E-state index contributed by atoms with van der Waals surface area (Å²) >= 11 is 0. The quantitative estimate of drug-likeness (QED) is 0.621. The fourth-order valence-corrected chi connectivity index (χ4v) is 2.91. The molecule has 0 unspecified atom stereocenters. The average molecular weight is 391 g/mol. The van der Waals surface area contributed by atoms with Crippen LogP contribution in [-0.2, 0) is 4.79 Å². The molecule has 0 bridgehead atoms. The molecule has 5 nitrogen and oxygen atoms in total. The monoisotopic (exact) mass is 391 g/mol. The number of halogens is 1. The molecule has 0 aliphatic carbocycles. The number of nitrogens with one attached hydrogen (secondary N) is 2. The second-order valence-electron chi connectivity index (χ2n) is 6.44. The summed E-state index contributed by atoms with van der Waals surface area (Å²) in [5.41, 5.74) is 2.22. The van der Waals surface area contributed by atoms with Gasteiger partial charge in [0.05, 0.1) is 6.54 Å². The van der Waals surface area contributed by atoms with Crippen molar-refractivity contribution in [1.29, 1.82) is 0 Å². The summed E-state index contributed by atoms with van der Waals surface area (Å²) < 4.78 is 13.3. The van der Waals surface area contributed by atoms with Crippen molar-refractivity contribution in [2.24, 2.45) is 0 Å². The molecule has 0 radical (unpaired) electrons. The van der Waals surface area contributed by atoms with E-state index in [1.165, 1.54) is 18.2 Å². The molecule has 0 heterocycles. The molecule has 0 aliphatic heterocycles. The molecule has 148 valence electrons. The largest absolute Gasteiger partial charge is 0.362 e. The molecule has 3 rings (SSSR count). The van der Waals surface area contributed by atoms with E-state index in [2.05, 4.69) is 10.6 Å². The second kappa shape index (κ2) is 9.50. The number of rotatable bonds is 7. The second-order valence-corrected chi connectivity index (χ2v) is 6.44. The summed E-state index contributed by atoms with van der Waals surface area (Å²) in [6.07, 6.45) is 0. The number of likely N-dealkylation sites (N-methyl/N-ethyl adjacent to an activating group) is 1. The van der Waals surface area contributed by atoms with Crippen molar-refractivity contribution < 1.29 is 14.0 Å². The minimum Gasteiger partial charge on any atom is -0.362 e. The Morgan fingerprint density at radius 2 is 1.55 bits per heavy atom. The predicted octanol–water partition coefficient (Wildman–Crippen LogP) is 4.54. The first-order chi connectivity index (χ1) is 14.0. The first-order valence-corrected chi connectivity index (χ1v) is 9.32. The maximum Gasteiger partial charge on any atom is 0.255 e. The molecule has 0 spiro atoms. The number of nitrogens with zero attached hydrogens (tertiary/aromatic N) is 1. The maximum atomic E-state index is 13.3. The Labute approximate surface area is 169 Å². The first-order valence-electron chi connectivity index (χ1n) is 9.32. The highest BCUT2D eigenvalue weighted by molar-refractivity contribution is 6.05. The molecule has 0 aromatic heterocycles. The van der Waals surface area contributed by atoms with Crippen LogP contribution in [0.3, 0.4) is 0 Å². The molecule has 0 aliphatic rings. The molecule has 0 saturated carbocycles. The van der Waals surface area contributed by atoms with E-state index >= 15 is 0 Å². The highest BCUT2D eigenvalue weighted by atomic mass is 19.1. The first kappa shape index (κ1) is 20.1. The van der Waals surface area contributed by atoms with Gasteiger partial charge in [0, 0.05) is 29.2 Å². The van der Waals surface area contributed by atoms with Crippen molar-refractivity contribution in [3.05, 3.63) is 90.2 Å². The van der Waals surface area contributed by atoms with E-state index in [0.717, 1.165) is 5.69 Å². The van der Waals surface area contributed by atoms with Gasteiger partial charge in [-0.3, -0.25) is 9.59 Å². The van der Waals surface area contributed by atoms with Crippen molar-refractivity contribution in [3.8, 4) is 0 Å². The Morgan fingerprint density at radius 1 is 0.862 bits per heavy atom. The summed E-state index contributed by atoms with van der Waals surface area (Å²) in [4.78, 5) is 26.8. The maximum absolute atomic E-state index is 13.3. The van der Waals surface area contributed by atoms with Crippen LogP contribution in [0, 0.1) is 5.82 Å². The summed E-state index contributed by atoms with van der Waals surface area (Å²) in [5, 5.41) is 5.47. The summed E-state index contributed by atoms with van der Waals surface area (Å²) in [5.74, 6) is -0.993. The number of benzene rings is 3. The lowest BCUT2D eigenvalue weighted by molar-refractivity contribution is -0.115. The minimum absolute atomic E-state index is 0.182. The zero-order valence-electron chi connectivity index (χ0n) is 16.1. The number of hydrogen-bond acceptors (Lipinski definition) is 3. The molecule has 29 heavy (non-hydrogen) atoms. The summed E-state index contributed by atoms with van der Waals surface area (Å²) in [6.45, 7) is 2.87. The molecule has 2 N–H and O–H groups in total. The Bertz CT molecular complexity index is 992. The summed E-state index contributed by atoms with van der Waals surface area (Å²) in [7, 11) is 0. The highest BCUT2D eigenvalue weighted by Crippen LogP contribution is 2.16. The number of para-hydroxylation sites is 1. The standard InChI is InChI=1S/C23H22FN3O2/c1-2-27(21-12-4-3-5-13-21)16-22(28)25-19-10-6-8-17(14-19)23(29)26-20-11-7-9-18(24)15-20/h3-15H,2,16H2,1H3,(H,25,28)(H,26,29). The SMILES string of the molecule is CCN(CC(=O)Nc1cccc(C(=O)Nc2cccc(F)c2)c1)c1ccccc1. The summed E-state index contributed by atoms with van der Waals surface area (Å²) in [6, 6.07) is 22.0. The Hall–Kier alpha value is -3.67. The van der Waals surface area contributed by atoms with Crippen LogP contribution in [0.5, 0.6) is 0 Å². The van der Waals surface area contributed by atoms with Gasteiger partial charge in [-0.1, -0.05) is 30.3 Å². The molecule has 2 amide bonds. The van der Waals surface area contributed by atoms with Crippen LogP contribution in [0.15, 0.2) is 78.9 Å². The van der Waals surface area contributed by atoms with Gasteiger partial charge in [-0.2, -0.15) is 0 Å². The molecule has 0 fully saturated rings. The van der Waals surface area contributed by atoms with Gasteiger partial charge in [-0.15, -0.1) is 0 Å². The van der Waals surface area contributed by atoms with Crippen LogP contribution >= 0.6 is 0 Å². The van der Waals surface area contributed by atoms with Crippen molar-refractivity contribution in [3.63, 3.8) is 0 Å². The molecular formula is C23H22FN3O2. The zero-order valence-corrected chi connectivity index (χ0v) is 16.1. The van der Waals surface area contributed by atoms with Crippen LogP contribution < -0.4 is 15.5 Å². The van der Waals surface area contributed by atoms with Gasteiger partial charge in [-0.05, 0) is 55.5 Å². The van der Waals surface area contributed by atoms with Gasteiger partial charge < -0.3 is 15.5 Å². The van der Waals surface area contributed by atoms with Gasteiger partial charge in [0.2, 0.25) is 5.91 Å². The van der Waals surface area contributed by atoms with E-state index in [4.69, 9.17) is 0 Å². The molecule has 3 aromatic carbocycles. The molecular weight excluding hydrogens is 369 g/mol. The van der Waals surface area contributed by atoms with Crippen molar-refractivity contribution in [1.82, 2.24) is 0 Å². The van der Waals surface area contributed by atoms with Gasteiger partial charge in [0.15, 0.2) is 0 Å². The van der Waals surface area contributed by atoms with Gasteiger partial charge >= 0.3 is 0 Å². The fourth-order valence-electron chi connectivity index (χ4n) is 2.91. The van der Waals surface area contributed by atoms with E-state index < -0.39 is 5.82 Å². The zero-order chi connectivity index (χ0) is 20.6. The lowest BCUT2D eigenvalue weighted by atomic mass is 10.1. The predicted molar refractivity (Wildman–Crippen MR) is 114 cm³/mol. The number of hydrogen-bond donors (Lipinski definition) is 2. The molecule has 6 heteroatoms. The van der Waals surface area contributed by atoms with Crippen LogP contribution in [-0.4, -0.2) is 24.9 Å². The van der Waals surface area contributed by atoms with Crippen LogP contribution in [0.4, 0.5) is 21.5 Å². The van der Waals surface area contributed by atoms with Crippen molar-refractivity contribution in [2.75, 3.05) is 28.6 Å². The van der Waals surface area contributed by atoms with Crippen molar-refractivity contribution >= 4 is 28.9 Å². The number of amides is 2. The van der Waals surface area contributed by atoms with E-state index in [1.807, 2.05) is 42.2 Å². The third-order valence-corrected chi connectivity index (χ3v) is 4.33. The van der Waals surface area contributed by atoms with Gasteiger partial charge in [0.25, 0.3) is 5.91 Å². The lowest BCUT2D eigenvalue weighted by Gasteiger charge is -2.22. The van der Waals surface area contributed by atoms with Gasteiger partial charge in [0.1, 0.15) is 5.82 Å². The van der Waals surface area contributed by atoms with E-state index in [1.54, 1.807) is 30.3 Å². The topological polar surface area (TPSA) is 61.4 Å². The lowest BCUT2D eigenvalue weighted by Crippen LogP contribution is -2.33. The number of carbonyl (C=O) groups excluding carboxylic acids is 2. The third-order valence-electron chi connectivity index (χ3n) is 4.33. The minimum atomic E-state index is -0.428. The molecule has 0 atom stereocenters. The van der Waals surface area contributed by atoms with Crippen LogP contribution in [0.25, 0.3) is 0 Å². The molecule has 3 aromatic rings. The Morgan fingerprint density at radius 3 is 2.24 bits per heavy atom. The normalized spacial score (nSPS) is 10.3. The van der Waals surface area contributed by atoms with Crippen LogP contribution in [0.2, 0.25) is 0 Å². The molecule has 0 saturated heterocycles. The average Bonchev–Trinajstić information content (AvgIpc) is 2.73. The van der Waals surface area contributed by atoms with E-state index in [-0.39, 0.29) is 18.4 Å². The third kappa shape index (κ3) is 5.65. The smallest absolute Gasteiger partial charge is 0.255 e. The Kier molecular flexibility index (Phi) is 6.58. The van der Waals surface area contributed by atoms with Gasteiger partial charge in [-0.25, -0.2) is 4.39 Å². The number of carbonyl (C=O) groups is 2. The fraction of sp³-hybridized carbons (Fsp3) is 0.130. The van der Waals surface area contributed by atoms with Crippen molar-refractivity contribution in [2.45, 2.75) is 6.92 Å². The number of anilines is 3. The Balaban J connectivity index is 1.64.